The molecular formula is C30H43N7O4. The first-order chi connectivity index (χ1) is 19.5. The third kappa shape index (κ3) is 6.55. The molecule has 41 heavy (non-hydrogen) atoms. The van der Waals surface area contributed by atoms with E-state index in [4.69, 9.17) is 19.6 Å². The van der Waals surface area contributed by atoms with Crippen LogP contribution >= 0.6 is 0 Å². The zero-order chi connectivity index (χ0) is 29.3. The molecule has 0 radical (unpaired) electrons. The first-order valence-electron chi connectivity index (χ1n) is 14.8. The third-order valence-corrected chi connectivity index (χ3v) is 8.13. The largest absolute Gasteiger partial charge is 0.473 e. The highest BCUT2D eigenvalue weighted by Gasteiger charge is 2.31. The van der Waals surface area contributed by atoms with Gasteiger partial charge in [0, 0.05) is 49.3 Å². The van der Waals surface area contributed by atoms with Crippen LogP contribution in [-0.4, -0.2) is 73.9 Å². The molecule has 11 nitrogen and oxygen atoms in total. The number of hydrogen-bond acceptors (Lipinski definition) is 8. The topological polar surface area (TPSA) is 108 Å². The second-order valence-corrected chi connectivity index (χ2v) is 12.4. The molecule has 0 unspecified atom stereocenters. The molecule has 5 rings (SSSR count). The summed E-state index contributed by atoms with van der Waals surface area (Å²) in [5, 5.41) is 10.5. The lowest BCUT2D eigenvalue weighted by Gasteiger charge is -2.30. The van der Waals surface area contributed by atoms with E-state index >= 15 is 0 Å². The molecule has 2 aliphatic rings. The number of aryl methyl sites for hydroxylation is 1. The molecule has 1 saturated carbocycles. The summed E-state index contributed by atoms with van der Waals surface area (Å²) < 4.78 is 15.3. The van der Waals surface area contributed by atoms with Crippen molar-refractivity contribution in [3.05, 3.63) is 40.4 Å². The van der Waals surface area contributed by atoms with Gasteiger partial charge in [0.15, 0.2) is 0 Å². The number of rotatable bonds is 6. The van der Waals surface area contributed by atoms with Crippen molar-refractivity contribution in [2.24, 2.45) is 7.05 Å². The van der Waals surface area contributed by atoms with Crippen LogP contribution in [0.4, 0.5) is 10.6 Å². The van der Waals surface area contributed by atoms with Crippen LogP contribution in [0.2, 0.25) is 0 Å². The van der Waals surface area contributed by atoms with E-state index < -0.39 is 11.7 Å². The number of aromatic nitrogens is 5. The minimum absolute atomic E-state index is 0.0337. The summed E-state index contributed by atoms with van der Waals surface area (Å²) in [6, 6.07) is 5.33. The lowest BCUT2D eigenvalue weighted by atomic mass is 9.92. The fourth-order valence-electron chi connectivity index (χ4n) is 5.88. The lowest BCUT2D eigenvalue weighted by molar-refractivity contribution is 0.0581. The second-order valence-electron chi connectivity index (χ2n) is 12.4. The molecule has 0 bridgehead atoms. The summed E-state index contributed by atoms with van der Waals surface area (Å²) in [6.45, 7) is 10.1. The van der Waals surface area contributed by atoms with Crippen molar-refractivity contribution < 1.29 is 14.3 Å². The Morgan fingerprint density at radius 1 is 1.05 bits per heavy atom. The smallest absolute Gasteiger partial charge is 0.415 e. The molecule has 3 aromatic heterocycles. The van der Waals surface area contributed by atoms with Gasteiger partial charge in [0.1, 0.15) is 17.5 Å². The Bertz CT molecular complexity index is 1430. The number of ether oxygens (including phenoxy) is 2. The van der Waals surface area contributed by atoms with Crippen molar-refractivity contribution >= 4 is 22.8 Å². The molecule has 1 aliphatic heterocycles. The van der Waals surface area contributed by atoms with Gasteiger partial charge < -0.3 is 14.4 Å². The molecule has 3 aromatic rings. The quantitative estimate of drug-likeness (QED) is 0.425. The number of likely N-dealkylation sites (tertiary alicyclic amines) is 1. The number of fused-ring (bicyclic) bond motifs is 1. The van der Waals surface area contributed by atoms with E-state index in [1.54, 1.807) is 18.0 Å². The third-order valence-electron chi connectivity index (χ3n) is 8.13. The number of pyridine rings is 1. The van der Waals surface area contributed by atoms with E-state index in [-0.39, 0.29) is 17.7 Å². The fourth-order valence-corrected chi connectivity index (χ4v) is 5.88. The minimum atomic E-state index is -0.595. The molecule has 4 heterocycles. The number of hydrogen-bond donors (Lipinski definition) is 0. The Kier molecular flexibility index (Phi) is 8.35. The molecule has 1 aliphatic carbocycles. The molecule has 0 aromatic carbocycles. The van der Waals surface area contributed by atoms with Gasteiger partial charge in [-0.05, 0) is 86.4 Å². The maximum Gasteiger partial charge on any atom is 0.415 e. The Morgan fingerprint density at radius 3 is 2.39 bits per heavy atom. The van der Waals surface area contributed by atoms with Gasteiger partial charge in [-0.3, -0.25) is 14.4 Å². The van der Waals surface area contributed by atoms with E-state index in [1.807, 2.05) is 40.0 Å². The van der Waals surface area contributed by atoms with Crippen LogP contribution in [-0.2, 0) is 11.8 Å². The van der Waals surface area contributed by atoms with Gasteiger partial charge in [-0.25, -0.2) is 14.5 Å². The van der Waals surface area contributed by atoms with Crippen LogP contribution < -0.4 is 15.2 Å². The number of carbonyl (C=O) groups is 1. The van der Waals surface area contributed by atoms with Crippen molar-refractivity contribution in [2.45, 2.75) is 89.9 Å². The minimum Gasteiger partial charge on any atom is -0.473 e. The second kappa shape index (κ2) is 11.8. The van der Waals surface area contributed by atoms with Gasteiger partial charge in [-0.2, -0.15) is 5.10 Å². The molecule has 1 saturated heterocycles. The van der Waals surface area contributed by atoms with Crippen LogP contribution in [0.1, 0.15) is 83.9 Å². The van der Waals surface area contributed by atoms with Gasteiger partial charge in [0.05, 0.1) is 17.3 Å². The van der Waals surface area contributed by atoms with Crippen molar-refractivity contribution in [2.75, 3.05) is 31.6 Å². The van der Waals surface area contributed by atoms with Gasteiger partial charge in [0.2, 0.25) is 5.88 Å². The van der Waals surface area contributed by atoms with Gasteiger partial charge in [-0.1, -0.05) is 0 Å². The molecule has 0 atom stereocenters. The monoisotopic (exact) mass is 565 g/mol. The highest BCUT2D eigenvalue weighted by molar-refractivity contribution is 5.91. The van der Waals surface area contributed by atoms with Crippen LogP contribution in [0.5, 0.6) is 5.88 Å². The predicted molar refractivity (Wildman–Crippen MR) is 158 cm³/mol. The van der Waals surface area contributed by atoms with Crippen molar-refractivity contribution in [1.29, 1.82) is 0 Å². The van der Waals surface area contributed by atoms with Crippen LogP contribution in [0.15, 0.2) is 29.2 Å². The summed E-state index contributed by atoms with van der Waals surface area (Å²) >= 11 is 0. The average Bonchev–Trinajstić information content (AvgIpc) is 3.30. The van der Waals surface area contributed by atoms with Crippen molar-refractivity contribution in [3.8, 4) is 5.88 Å². The maximum absolute atomic E-state index is 13.0. The highest BCUT2D eigenvalue weighted by atomic mass is 16.6. The lowest BCUT2D eigenvalue weighted by Crippen LogP contribution is -2.37. The van der Waals surface area contributed by atoms with E-state index in [0.717, 1.165) is 68.2 Å². The molecule has 1 amide bonds. The van der Waals surface area contributed by atoms with Crippen molar-refractivity contribution in [1.82, 2.24) is 29.4 Å². The zero-order valence-corrected chi connectivity index (χ0v) is 25.2. The summed E-state index contributed by atoms with van der Waals surface area (Å²) in [4.78, 5) is 33.4. The Hall–Kier alpha value is -3.47. The molecule has 2 fully saturated rings. The number of amides is 1. The molecule has 222 valence electrons. The van der Waals surface area contributed by atoms with Crippen LogP contribution in [0, 0.1) is 0 Å². The Morgan fingerprint density at radius 2 is 1.76 bits per heavy atom. The summed E-state index contributed by atoms with van der Waals surface area (Å²) in [5.41, 5.74) is 1.37. The summed E-state index contributed by atoms with van der Waals surface area (Å²) in [6.07, 6.45) is 7.18. The number of piperidine rings is 1. The molecular weight excluding hydrogens is 522 g/mol. The highest BCUT2D eigenvalue weighted by Crippen LogP contribution is 2.38. The molecule has 0 N–H and O–H groups in total. The number of anilines is 1. The predicted octanol–water partition coefficient (Wildman–Crippen LogP) is 4.66. The van der Waals surface area contributed by atoms with Gasteiger partial charge in [0.25, 0.3) is 5.56 Å². The van der Waals surface area contributed by atoms with Gasteiger partial charge >= 0.3 is 6.09 Å². The van der Waals surface area contributed by atoms with Gasteiger partial charge in [-0.15, -0.1) is 5.10 Å². The fraction of sp³-hybridized carbons (Fsp3) is 0.633. The first kappa shape index (κ1) is 29.0. The number of nitrogens with zero attached hydrogens (tertiary/aromatic N) is 7. The van der Waals surface area contributed by atoms with E-state index in [2.05, 4.69) is 21.7 Å². The SMILES string of the molecule is CCN(C(=O)OC(C)(C)C)c1cc2c(cn1)c(C1CCN(C)CC1)nn2[C@H]1CC[C@@H](Oc2ccc(=O)n(C)n2)CC1. The molecule has 11 heteroatoms. The maximum atomic E-state index is 13.0. The van der Waals surface area contributed by atoms with Crippen molar-refractivity contribution in [3.63, 3.8) is 0 Å². The zero-order valence-electron chi connectivity index (χ0n) is 25.2. The summed E-state index contributed by atoms with van der Waals surface area (Å²) in [5.74, 6) is 1.43. The Balaban J connectivity index is 1.42. The average molecular weight is 566 g/mol. The van der Waals surface area contributed by atoms with E-state index in [1.165, 1.54) is 10.7 Å². The van der Waals surface area contributed by atoms with Crippen LogP contribution in [0.25, 0.3) is 10.9 Å². The number of carbonyl (C=O) groups excluding carboxylic acids is 1. The van der Waals surface area contributed by atoms with E-state index in [0.29, 0.717) is 24.2 Å². The van der Waals surface area contributed by atoms with Crippen LogP contribution in [0.3, 0.4) is 0 Å². The Labute approximate surface area is 241 Å². The first-order valence-corrected chi connectivity index (χ1v) is 14.8. The molecule has 0 spiro atoms. The normalized spacial score (nSPS) is 20.7. The standard InChI is InChI=1S/C30H43N7O4/c1-7-36(29(39)41-30(2,3)4)25-18-24-23(19-31-25)28(20-14-16-34(5)17-15-20)33-37(24)21-8-10-22(11-9-21)40-26-12-13-27(38)35(6)32-26/h12-13,18-22H,7-11,14-17H2,1-6H3/t21-,22+. The summed E-state index contributed by atoms with van der Waals surface area (Å²) in [7, 11) is 3.80. The van der Waals surface area contributed by atoms with E-state index in [9.17, 15) is 9.59 Å².